The molecule has 0 saturated heterocycles. The summed E-state index contributed by atoms with van der Waals surface area (Å²) in [6, 6.07) is 3.56. The summed E-state index contributed by atoms with van der Waals surface area (Å²) in [4.78, 5) is 14.0. The highest BCUT2D eigenvalue weighted by molar-refractivity contribution is 5.25. The van der Waals surface area contributed by atoms with Crippen LogP contribution in [-0.2, 0) is 6.42 Å². The first-order valence-electron chi connectivity index (χ1n) is 4.70. The first kappa shape index (κ1) is 8.51. The minimum Gasteiger partial charge on any atom is -0.326 e. The third kappa shape index (κ3) is 1.65. The van der Waals surface area contributed by atoms with Gasteiger partial charge in [-0.15, -0.1) is 0 Å². The Morgan fingerprint density at radius 3 is 3.15 bits per heavy atom. The van der Waals surface area contributed by atoms with E-state index >= 15 is 0 Å². The van der Waals surface area contributed by atoms with Crippen molar-refractivity contribution >= 4 is 0 Å². The minimum absolute atomic E-state index is 0.00727. The average Bonchev–Trinajstić information content (AvgIpc) is 2.28. The summed E-state index contributed by atoms with van der Waals surface area (Å²) in [6.07, 6.45) is 0.926. The third-order valence-corrected chi connectivity index (χ3v) is 2.57. The molecule has 1 aromatic rings. The predicted octanol–water partition coefficient (Wildman–Crippen LogP) is 0.624. The van der Waals surface area contributed by atoms with Crippen LogP contribution >= 0.6 is 0 Å². The molecule has 0 radical (unpaired) electrons. The van der Waals surface area contributed by atoms with Gasteiger partial charge in [0.05, 0.1) is 0 Å². The summed E-state index contributed by atoms with van der Waals surface area (Å²) in [6.45, 7) is 4.13. The molecule has 0 fully saturated rings. The van der Waals surface area contributed by atoms with Gasteiger partial charge < -0.3 is 10.3 Å². The second kappa shape index (κ2) is 3.34. The number of aromatic nitrogens is 1. The number of hydrogen-bond donors (Lipinski definition) is 2. The zero-order chi connectivity index (χ0) is 9.26. The maximum atomic E-state index is 11.1. The lowest BCUT2D eigenvalue weighted by Gasteiger charge is -2.10. The van der Waals surface area contributed by atoms with Gasteiger partial charge in [0.1, 0.15) is 0 Å². The molecule has 2 heterocycles. The number of fused-ring (bicyclic) bond motifs is 1. The van der Waals surface area contributed by atoms with Crippen LogP contribution < -0.4 is 10.9 Å². The Hall–Kier alpha value is -1.09. The Labute approximate surface area is 77.2 Å². The van der Waals surface area contributed by atoms with E-state index in [4.69, 9.17) is 0 Å². The van der Waals surface area contributed by atoms with Gasteiger partial charge in [0.2, 0.25) is 5.56 Å². The number of nitrogens with one attached hydrogen (secondary N) is 2. The molecule has 0 saturated carbocycles. The monoisotopic (exact) mass is 178 g/mol. The standard InChI is InChI=1S/C10H14N2O/c1-7-6-11-5-4-9-8(7)2-3-10(13)12-9/h2-3,7,11H,4-6H2,1H3,(H,12,13). The summed E-state index contributed by atoms with van der Waals surface area (Å²) < 4.78 is 0. The van der Waals surface area contributed by atoms with Crippen molar-refractivity contribution < 1.29 is 0 Å². The van der Waals surface area contributed by atoms with Crippen LogP contribution in [0.5, 0.6) is 0 Å². The topological polar surface area (TPSA) is 44.9 Å². The summed E-state index contributed by atoms with van der Waals surface area (Å²) >= 11 is 0. The van der Waals surface area contributed by atoms with Crippen LogP contribution in [0.1, 0.15) is 24.1 Å². The fourth-order valence-electron chi connectivity index (χ4n) is 1.84. The van der Waals surface area contributed by atoms with Gasteiger partial charge in [-0.25, -0.2) is 0 Å². The van der Waals surface area contributed by atoms with E-state index in [1.165, 1.54) is 5.56 Å². The fraction of sp³-hybridized carbons (Fsp3) is 0.500. The minimum atomic E-state index is 0.00727. The number of pyridine rings is 1. The van der Waals surface area contributed by atoms with E-state index in [9.17, 15) is 4.79 Å². The molecule has 1 aromatic heterocycles. The normalized spacial score (nSPS) is 22.1. The van der Waals surface area contributed by atoms with Crippen molar-refractivity contribution in [2.75, 3.05) is 13.1 Å². The molecule has 0 aromatic carbocycles. The molecule has 70 valence electrons. The molecular weight excluding hydrogens is 164 g/mol. The first-order chi connectivity index (χ1) is 6.27. The Balaban J connectivity index is 2.48. The molecule has 3 heteroatoms. The van der Waals surface area contributed by atoms with E-state index in [-0.39, 0.29) is 5.56 Å². The van der Waals surface area contributed by atoms with Crippen LogP contribution in [0.4, 0.5) is 0 Å². The van der Waals surface area contributed by atoms with Crippen molar-refractivity contribution in [1.29, 1.82) is 0 Å². The van der Waals surface area contributed by atoms with Gasteiger partial charge in [-0.2, -0.15) is 0 Å². The highest BCUT2D eigenvalue weighted by atomic mass is 16.1. The lowest BCUT2D eigenvalue weighted by molar-refractivity contribution is 0.644. The second-order valence-electron chi connectivity index (χ2n) is 3.61. The van der Waals surface area contributed by atoms with E-state index in [1.54, 1.807) is 6.07 Å². The summed E-state index contributed by atoms with van der Waals surface area (Å²) in [5.41, 5.74) is 2.39. The fourth-order valence-corrected chi connectivity index (χ4v) is 1.84. The van der Waals surface area contributed by atoms with Crippen LogP contribution in [0.2, 0.25) is 0 Å². The van der Waals surface area contributed by atoms with Crippen molar-refractivity contribution in [3.8, 4) is 0 Å². The van der Waals surface area contributed by atoms with E-state index in [0.717, 1.165) is 25.2 Å². The SMILES string of the molecule is CC1CNCCc2[nH]c(=O)ccc21. The molecule has 13 heavy (non-hydrogen) atoms. The lowest BCUT2D eigenvalue weighted by atomic mass is 10.00. The molecule has 0 amide bonds. The van der Waals surface area contributed by atoms with Gasteiger partial charge in [0.25, 0.3) is 0 Å². The van der Waals surface area contributed by atoms with Gasteiger partial charge >= 0.3 is 0 Å². The molecule has 1 atom stereocenters. The van der Waals surface area contributed by atoms with Crippen molar-refractivity contribution in [3.63, 3.8) is 0 Å². The number of hydrogen-bond acceptors (Lipinski definition) is 2. The Morgan fingerprint density at radius 2 is 2.31 bits per heavy atom. The lowest BCUT2D eigenvalue weighted by Crippen LogP contribution is -2.18. The summed E-state index contributed by atoms with van der Waals surface area (Å²) in [5, 5.41) is 3.34. The molecule has 3 nitrogen and oxygen atoms in total. The largest absolute Gasteiger partial charge is 0.326 e. The summed E-state index contributed by atoms with van der Waals surface area (Å²) in [5.74, 6) is 0.495. The molecule has 2 rings (SSSR count). The van der Waals surface area contributed by atoms with Crippen LogP contribution in [0.15, 0.2) is 16.9 Å². The zero-order valence-corrected chi connectivity index (χ0v) is 7.76. The highest BCUT2D eigenvalue weighted by Crippen LogP contribution is 2.18. The van der Waals surface area contributed by atoms with Crippen LogP contribution in [0.25, 0.3) is 0 Å². The maximum Gasteiger partial charge on any atom is 0.248 e. The molecule has 0 aliphatic carbocycles. The molecular formula is C10H14N2O. The number of H-pyrrole nitrogens is 1. The first-order valence-corrected chi connectivity index (χ1v) is 4.70. The van der Waals surface area contributed by atoms with E-state index < -0.39 is 0 Å². The maximum absolute atomic E-state index is 11.1. The molecule has 1 aliphatic rings. The van der Waals surface area contributed by atoms with Gasteiger partial charge in [0.15, 0.2) is 0 Å². The van der Waals surface area contributed by atoms with Crippen molar-refractivity contribution in [3.05, 3.63) is 33.7 Å². The molecule has 0 spiro atoms. The van der Waals surface area contributed by atoms with Crippen molar-refractivity contribution in [2.24, 2.45) is 0 Å². The van der Waals surface area contributed by atoms with Crippen LogP contribution in [0, 0.1) is 0 Å². The third-order valence-electron chi connectivity index (χ3n) is 2.57. The summed E-state index contributed by atoms with van der Waals surface area (Å²) in [7, 11) is 0. The van der Waals surface area contributed by atoms with Crippen molar-refractivity contribution in [1.82, 2.24) is 10.3 Å². The van der Waals surface area contributed by atoms with Crippen LogP contribution in [0.3, 0.4) is 0 Å². The molecule has 0 bridgehead atoms. The smallest absolute Gasteiger partial charge is 0.248 e. The van der Waals surface area contributed by atoms with Gasteiger partial charge in [-0.1, -0.05) is 13.0 Å². The van der Waals surface area contributed by atoms with Gasteiger partial charge in [-0.3, -0.25) is 4.79 Å². The molecule has 1 unspecified atom stereocenters. The van der Waals surface area contributed by atoms with E-state index in [2.05, 4.69) is 17.2 Å². The van der Waals surface area contributed by atoms with Gasteiger partial charge in [0, 0.05) is 31.3 Å². The van der Waals surface area contributed by atoms with E-state index in [1.807, 2.05) is 6.07 Å². The second-order valence-corrected chi connectivity index (χ2v) is 3.61. The van der Waals surface area contributed by atoms with Gasteiger partial charge in [-0.05, 0) is 11.5 Å². The Morgan fingerprint density at radius 1 is 1.46 bits per heavy atom. The average molecular weight is 178 g/mol. The van der Waals surface area contributed by atoms with Crippen LogP contribution in [-0.4, -0.2) is 18.1 Å². The predicted molar refractivity (Wildman–Crippen MR) is 52.1 cm³/mol. The zero-order valence-electron chi connectivity index (χ0n) is 7.76. The van der Waals surface area contributed by atoms with Crippen molar-refractivity contribution in [2.45, 2.75) is 19.3 Å². The Kier molecular flexibility index (Phi) is 2.19. The number of rotatable bonds is 0. The molecule has 2 N–H and O–H groups in total. The van der Waals surface area contributed by atoms with E-state index in [0.29, 0.717) is 5.92 Å². The quantitative estimate of drug-likeness (QED) is 0.612. The molecule has 1 aliphatic heterocycles. The highest BCUT2D eigenvalue weighted by Gasteiger charge is 2.14. The number of aromatic amines is 1. The Bertz CT molecular complexity index is 356.